The van der Waals surface area contributed by atoms with E-state index in [-0.39, 0.29) is 5.78 Å². The van der Waals surface area contributed by atoms with Gasteiger partial charge >= 0.3 is 0 Å². The molecule has 6 heteroatoms. The predicted octanol–water partition coefficient (Wildman–Crippen LogP) is 5.71. The van der Waals surface area contributed by atoms with Crippen LogP contribution in [0.3, 0.4) is 0 Å². The Bertz CT molecular complexity index is 1200. The van der Waals surface area contributed by atoms with Crippen LogP contribution in [0.1, 0.15) is 67.8 Å². The van der Waals surface area contributed by atoms with Gasteiger partial charge in [0.25, 0.3) is 0 Å². The number of rotatable bonds is 6. The number of nitrogens with one attached hydrogen (secondary N) is 1. The van der Waals surface area contributed by atoms with Crippen LogP contribution in [-0.4, -0.2) is 54.6 Å². The Morgan fingerprint density at radius 3 is 2.59 bits per heavy atom. The molecule has 0 atom stereocenters. The maximum absolute atomic E-state index is 13.6. The average Bonchev–Trinajstić information content (AvgIpc) is 3.34. The van der Waals surface area contributed by atoms with Gasteiger partial charge in [0.05, 0.1) is 16.6 Å². The molecule has 2 fully saturated rings. The number of carbonyl (C=O) groups excluding carboxylic acids is 1. The quantitative estimate of drug-likeness (QED) is 0.374. The SMILES string of the molecule is CCCCNc1cc(N2CCN(C3CCCCC3)CC2)c2noc3c2c1C(=O)c1ccccc1-3. The van der Waals surface area contributed by atoms with E-state index >= 15 is 0 Å². The van der Waals surface area contributed by atoms with Gasteiger partial charge < -0.3 is 14.7 Å². The van der Waals surface area contributed by atoms with E-state index in [0.29, 0.717) is 11.1 Å². The molecule has 1 N–H and O–H groups in total. The number of benzene rings is 2. The van der Waals surface area contributed by atoms with Crippen LogP contribution in [0, 0.1) is 0 Å². The Balaban J connectivity index is 1.38. The van der Waals surface area contributed by atoms with Crippen molar-refractivity contribution in [2.45, 2.75) is 57.9 Å². The number of carbonyl (C=O) groups is 1. The summed E-state index contributed by atoms with van der Waals surface area (Å²) in [5.74, 6) is 0.783. The van der Waals surface area contributed by atoms with Gasteiger partial charge in [-0.05, 0) is 25.3 Å². The van der Waals surface area contributed by atoms with Crippen molar-refractivity contribution in [1.29, 1.82) is 0 Å². The Labute approximate surface area is 201 Å². The smallest absolute Gasteiger partial charge is 0.196 e. The minimum atomic E-state index is 0.0592. The third kappa shape index (κ3) is 3.59. The highest BCUT2D eigenvalue weighted by atomic mass is 16.5. The molecule has 3 aliphatic rings. The van der Waals surface area contributed by atoms with Crippen molar-refractivity contribution in [3.8, 4) is 11.3 Å². The summed E-state index contributed by atoms with van der Waals surface area (Å²) < 4.78 is 5.93. The first-order valence-electron chi connectivity index (χ1n) is 13.1. The summed E-state index contributed by atoms with van der Waals surface area (Å²) in [6.45, 7) is 7.15. The molecule has 1 aromatic heterocycles. The summed E-state index contributed by atoms with van der Waals surface area (Å²) in [5.41, 5.74) is 5.07. The van der Waals surface area contributed by atoms with Gasteiger partial charge in [-0.3, -0.25) is 9.69 Å². The summed E-state index contributed by atoms with van der Waals surface area (Å²) in [5, 5.41) is 8.99. The van der Waals surface area contributed by atoms with Crippen molar-refractivity contribution in [3.63, 3.8) is 0 Å². The fourth-order valence-electron chi connectivity index (χ4n) is 6.10. The number of fused-ring (bicyclic) bond motifs is 2. The minimum Gasteiger partial charge on any atom is -0.384 e. The Morgan fingerprint density at radius 1 is 1.06 bits per heavy atom. The van der Waals surface area contributed by atoms with Crippen LogP contribution in [0.4, 0.5) is 11.4 Å². The van der Waals surface area contributed by atoms with Crippen molar-refractivity contribution in [2.24, 2.45) is 0 Å². The predicted molar refractivity (Wildman–Crippen MR) is 137 cm³/mol. The van der Waals surface area contributed by atoms with Crippen LogP contribution in [0.15, 0.2) is 34.9 Å². The zero-order chi connectivity index (χ0) is 23.1. The van der Waals surface area contributed by atoms with Crippen LogP contribution in [0.5, 0.6) is 0 Å². The summed E-state index contributed by atoms with van der Waals surface area (Å²) >= 11 is 0. The van der Waals surface area contributed by atoms with E-state index in [1.165, 1.54) is 32.1 Å². The second-order valence-electron chi connectivity index (χ2n) is 10.0. The lowest BCUT2D eigenvalue weighted by atomic mass is 9.86. The van der Waals surface area contributed by atoms with Crippen molar-refractivity contribution in [1.82, 2.24) is 10.1 Å². The molecule has 1 saturated carbocycles. The summed E-state index contributed by atoms with van der Waals surface area (Å²) in [6.07, 6.45) is 9.00. The van der Waals surface area contributed by atoms with E-state index in [1.54, 1.807) is 0 Å². The molecule has 3 aromatic rings. The van der Waals surface area contributed by atoms with E-state index in [0.717, 1.165) is 85.2 Å². The van der Waals surface area contributed by atoms with Crippen LogP contribution in [0.2, 0.25) is 0 Å². The van der Waals surface area contributed by atoms with Crippen LogP contribution in [-0.2, 0) is 0 Å². The van der Waals surface area contributed by atoms with Gasteiger partial charge in [0.2, 0.25) is 0 Å². The molecule has 2 aliphatic carbocycles. The first kappa shape index (κ1) is 21.7. The molecule has 0 spiro atoms. The zero-order valence-corrected chi connectivity index (χ0v) is 20.1. The second kappa shape index (κ2) is 9.06. The number of anilines is 2. The summed E-state index contributed by atoms with van der Waals surface area (Å²) in [4.78, 5) is 18.8. The van der Waals surface area contributed by atoms with E-state index in [2.05, 4.69) is 33.3 Å². The Hall–Kier alpha value is -2.86. The normalized spacial score (nSPS) is 19.0. The standard InChI is InChI=1S/C28H34N4O2/c1-2-3-13-29-22-18-23(32-16-14-31(15-17-32)19-9-5-4-6-10-19)26-25-24(22)27(33)20-11-7-8-12-21(20)28(25)34-30-26/h7-8,11-12,18-19,29H,2-6,9-10,13-17H2,1H3. The van der Waals surface area contributed by atoms with Crippen LogP contribution >= 0.6 is 0 Å². The molecular weight excluding hydrogens is 424 g/mol. The monoisotopic (exact) mass is 458 g/mol. The third-order valence-electron chi connectivity index (χ3n) is 7.97. The number of piperazine rings is 1. The fraction of sp³-hybridized carbons (Fsp3) is 0.500. The maximum atomic E-state index is 13.6. The zero-order valence-electron chi connectivity index (χ0n) is 20.1. The average molecular weight is 459 g/mol. The van der Waals surface area contributed by atoms with Gasteiger partial charge in [-0.1, -0.05) is 62.0 Å². The lowest BCUT2D eigenvalue weighted by molar-refractivity contribution is 0.104. The fourth-order valence-corrected chi connectivity index (χ4v) is 6.10. The number of ketones is 1. The molecule has 0 unspecified atom stereocenters. The molecule has 0 amide bonds. The molecule has 178 valence electrons. The number of nitrogens with zero attached hydrogens (tertiary/aromatic N) is 3. The molecule has 2 heterocycles. The lowest BCUT2D eigenvalue weighted by Gasteiger charge is -2.41. The largest absolute Gasteiger partial charge is 0.384 e. The number of hydrogen-bond acceptors (Lipinski definition) is 6. The molecule has 2 aromatic carbocycles. The van der Waals surface area contributed by atoms with Crippen LogP contribution in [0.25, 0.3) is 22.2 Å². The Morgan fingerprint density at radius 2 is 1.82 bits per heavy atom. The van der Waals surface area contributed by atoms with Gasteiger partial charge in [-0.25, -0.2) is 0 Å². The Kier molecular flexibility index (Phi) is 5.77. The molecule has 0 bridgehead atoms. The van der Waals surface area contributed by atoms with Crippen molar-refractivity contribution < 1.29 is 9.32 Å². The third-order valence-corrected chi connectivity index (χ3v) is 7.97. The first-order valence-corrected chi connectivity index (χ1v) is 13.1. The molecule has 6 rings (SSSR count). The highest BCUT2D eigenvalue weighted by Crippen LogP contribution is 2.46. The van der Waals surface area contributed by atoms with E-state index in [4.69, 9.17) is 4.52 Å². The number of unbranched alkanes of at least 4 members (excludes halogenated alkanes) is 1. The molecule has 0 radical (unpaired) electrons. The molecule has 6 nitrogen and oxygen atoms in total. The van der Waals surface area contributed by atoms with Gasteiger partial charge in [-0.2, -0.15) is 0 Å². The maximum Gasteiger partial charge on any atom is 0.196 e. The van der Waals surface area contributed by atoms with Gasteiger partial charge in [0.15, 0.2) is 11.5 Å². The van der Waals surface area contributed by atoms with Crippen molar-refractivity contribution in [2.75, 3.05) is 42.9 Å². The van der Waals surface area contributed by atoms with Gasteiger partial charge in [0.1, 0.15) is 5.52 Å². The topological polar surface area (TPSA) is 61.6 Å². The summed E-state index contributed by atoms with van der Waals surface area (Å²) in [6, 6.07) is 10.6. The molecule has 1 saturated heterocycles. The highest BCUT2D eigenvalue weighted by molar-refractivity contribution is 6.28. The van der Waals surface area contributed by atoms with Gasteiger partial charge in [-0.15, -0.1) is 0 Å². The minimum absolute atomic E-state index is 0.0592. The molecule has 1 aliphatic heterocycles. The van der Waals surface area contributed by atoms with Gasteiger partial charge in [0, 0.05) is 55.6 Å². The van der Waals surface area contributed by atoms with E-state index in [9.17, 15) is 4.79 Å². The van der Waals surface area contributed by atoms with E-state index in [1.807, 2.05) is 24.3 Å². The second-order valence-corrected chi connectivity index (χ2v) is 10.0. The number of aromatic nitrogens is 1. The first-order chi connectivity index (χ1) is 16.8. The highest BCUT2D eigenvalue weighted by Gasteiger charge is 2.34. The van der Waals surface area contributed by atoms with Crippen LogP contribution < -0.4 is 10.2 Å². The lowest BCUT2D eigenvalue weighted by Crippen LogP contribution is -2.51. The van der Waals surface area contributed by atoms with Crippen molar-refractivity contribution >= 4 is 28.1 Å². The summed E-state index contributed by atoms with van der Waals surface area (Å²) in [7, 11) is 0. The molecule has 34 heavy (non-hydrogen) atoms. The van der Waals surface area contributed by atoms with Crippen molar-refractivity contribution in [3.05, 3.63) is 41.5 Å². The molecular formula is C28H34N4O2. The van der Waals surface area contributed by atoms with E-state index < -0.39 is 0 Å². The number of hydrogen-bond donors (Lipinski definition) is 1.